The van der Waals surface area contributed by atoms with Crippen molar-refractivity contribution in [3.63, 3.8) is 0 Å². The number of halogens is 3. The molecule has 0 aromatic heterocycles. The molecule has 3 rings (SSSR count). The molecule has 1 heterocycles. The smallest absolute Gasteiger partial charge is 0.127 e. The molecule has 5 heteroatoms. The number of hydrogen-bond donors (Lipinski definition) is 1. The molecule has 0 fully saturated rings. The van der Waals surface area contributed by atoms with E-state index < -0.39 is 0 Å². The molecule has 2 aromatic rings. The molecule has 0 spiro atoms. The molecule has 1 aliphatic heterocycles. The Hall–Kier alpha value is -0.740. The van der Waals surface area contributed by atoms with Crippen LogP contribution in [0.5, 0.6) is 5.75 Å². The monoisotopic (exact) mass is 371 g/mol. The van der Waals surface area contributed by atoms with E-state index in [2.05, 4.69) is 15.9 Å². The quantitative estimate of drug-likeness (QED) is 0.826. The summed E-state index contributed by atoms with van der Waals surface area (Å²) in [5.41, 5.74) is 9.32. The predicted molar refractivity (Wildman–Crippen MR) is 85.8 cm³/mol. The fourth-order valence-electron chi connectivity index (χ4n) is 2.45. The minimum Gasteiger partial charge on any atom is -0.493 e. The van der Waals surface area contributed by atoms with E-state index in [-0.39, 0.29) is 6.04 Å². The Morgan fingerprint density at radius 3 is 2.65 bits per heavy atom. The summed E-state index contributed by atoms with van der Waals surface area (Å²) >= 11 is 15.8. The number of hydrogen-bond acceptors (Lipinski definition) is 2. The van der Waals surface area contributed by atoms with Crippen LogP contribution in [0.15, 0.2) is 34.8 Å². The number of benzene rings is 2. The molecule has 1 unspecified atom stereocenters. The molecule has 0 saturated heterocycles. The SMILES string of the molecule is NC(c1cc(Cl)ccc1Br)c1cc(Cl)cc2c1OCC2. The molecule has 0 radical (unpaired) electrons. The first kappa shape index (κ1) is 14.2. The van der Waals surface area contributed by atoms with Crippen LogP contribution in [0.25, 0.3) is 0 Å². The normalized spacial score (nSPS) is 14.8. The summed E-state index contributed by atoms with van der Waals surface area (Å²) in [6.07, 6.45) is 0.867. The zero-order valence-electron chi connectivity index (χ0n) is 10.5. The highest BCUT2D eigenvalue weighted by Crippen LogP contribution is 2.39. The van der Waals surface area contributed by atoms with Gasteiger partial charge in [-0.2, -0.15) is 0 Å². The molecule has 2 N–H and O–H groups in total. The summed E-state index contributed by atoms with van der Waals surface area (Å²) in [5.74, 6) is 0.855. The van der Waals surface area contributed by atoms with E-state index in [1.54, 1.807) is 0 Å². The van der Waals surface area contributed by atoms with Crippen molar-refractivity contribution in [3.05, 3.63) is 61.5 Å². The highest BCUT2D eigenvalue weighted by atomic mass is 79.9. The summed E-state index contributed by atoms with van der Waals surface area (Å²) in [5, 5.41) is 1.33. The Kier molecular flexibility index (Phi) is 3.95. The van der Waals surface area contributed by atoms with E-state index in [0.29, 0.717) is 16.7 Å². The molecule has 20 heavy (non-hydrogen) atoms. The molecular formula is C15H12BrCl2NO. The second-order valence-electron chi connectivity index (χ2n) is 4.73. The van der Waals surface area contributed by atoms with Crippen LogP contribution in [-0.2, 0) is 6.42 Å². The maximum atomic E-state index is 6.40. The molecular weight excluding hydrogens is 361 g/mol. The minimum atomic E-state index is -0.339. The second kappa shape index (κ2) is 5.57. The van der Waals surface area contributed by atoms with E-state index in [1.165, 1.54) is 0 Å². The van der Waals surface area contributed by atoms with Gasteiger partial charge in [0, 0.05) is 26.5 Å². The summed E-state index contributed by atoms with van der Waals surface area (Å²) in [4.78, 5) is 0. The molecule has 2 aromatic carbocycles. The highest BCUT2D eigenvalue weighted by Gasteiger charge is 2.23. The van der Waals surface area contributed by atoms with Gasteiger partial charge in [0.2, 0.25) is 0 Å². The largest absolute Gasteiger partial charge is 0.493 e. The standard InChI is InChI=1S/C15H12BrCl2NO/c16-13-2-1-9(17)6-11(13)14(19)12-7-10(18)5-8-3-4-20-15(8)12/h1-2,5-7,14H,3-4,19H2. The Labute approximate surface area is 136 Å². The maximum absolute atomic E-state index is 6.40. The van der Waals surface area contributed by atoms with Gasteiger partial charge in [-0.15, -0.1) is 0 Å². The van der Waals surface area contributed by atoms with Crippen LogP contribution in [-0.4, -0.2) is 6.61 Å². The maximum Gasteiger partial charge on any atom is 0.127 e. The van der Waals surface area contributed by atoms with E-state index in [1.807, 2.05) is 30.3 Å². The predicted octanol–water partition coefficient (Wildman–Crippen LogP) is 4.74. The molecule has 1 aliphatic rings. The molecule has 2 nitrogen and oxygen atoms in total. The van der Waals surface area contributed by atoms with Gasteiger partial charge in [0.05, 0.1) is 12.6 Å². The van der Waals surface area contributed by atoms with Crippen LogP contribution in [0, 0.1) is 0 Å². The zero-order valence-corrected chi connectivity index (χ0v) is 13.6. The summed E-state index contributed by atoms with van der Waals surface area (Å²) in [6, 6.07) is 9.04. The van der Waals surface area contributed by atoms with Gasteiger partial charge in [0.25, 0.3) is 0 Å². The van der Waals surface area contributed by atoms with E-state index in [0.717, 1.165) is 33.3 Å². The zero-order chi connectivity index (χ0) is 14.3. The minimum absolute atomic E-state index is 0.339. The van der Waals surface area contributed by atoms with E-state index in [9.17, 15) is 0 Å². The third-order valence-corrected chi connectivity index (χ3v) is 4.58. The summed E-state index contributed by atoms with van der Waals surface area (Å²) < 4.78 is 6.63. The van der Waals surface area contributed by atoms with E-state index >= 15 is 0 Å². The molecule has 1 atom stereocenters. The van der Waals surface area contributed by atoms with Crippen molar-refractivity contribution in [2.24, 2.45) is 5.73 Å². The fraction of sp³-hybridized carbons (Fsp3) is 0.200. The first-order valence-electron chi connectivity index (χ1n) is 6.22. The lowest BCUT2D eigenvalue weighted by Gasteiger charge is -2.18. The lowest BCUT2D eigenvalue weighted by atomic mass is 9.96. The molecule has 104 valence electrons. The highest BCUT2D eigenvalue weighted by molar-refractivity contribution is 9.10. The van der Waals surface area contributed by atoms with Crippen molar-refractivity contribution >= 4 is 39.1 Å². The van der Waals surface area contributed by atoms with Gasteiger partial charge in [0.15, 0.2) is 0 Å². The Balaban J connectivity index is 2.11. The van der Waals surface area contributed by atoms with Crippen LogP contribution < -0.4 is 10.5 Å². The first-order valence-corrected chi connectivity index (χ1v) is 7.77. The van der Waals surface area contributed by atoms with Crippen LogP contribution in [0.3, 0.4) is 0 Å². The van der Waals surface area contributed by atoms with Gasteiger partial charge < -0.3 is 10.5 Å². The summed E-state index contributed by atoms with van der Waals surface area (Å²) in [7, 11) is 0. The van der Waals surface area contributed by atoms with Crippen molar-refractivity contribution < 1.29 is 4.74 Å². The number of rotatable bonds is 2. The van der Waals surface area contributed by atoms with Crippen molar-refractivity contribution in [3.8, 4) is 5.75 Å². The number of ether oxygens (including phenoxy) is 1. The molecule has 0 saturated carbocycles. The van der Waals surface area contributed by atoms with Gasteiger partial charge in [0.1, 0.15) is 5.75 Å². The van der Waals surface area contributed by atoms with Crippen molar-refractivity contribution in [1.82, 2.24) is 0 Å². The van der Waals surface area contributed by atoms with Crippen molar-refractivity contribution in [2.75, 3.05) is 6.61 Å². The van der Waals surface area contributed by atoms with Crippen LogP contribution in [0.4, 0.5) is 0 Å². The average Bonchev–Trinajstić information content (AvgIpc) is 2.87. The fourth-order valence-corrected chi connectivity index (χ4v) is 3.37. The second-order valence-corrected chi connectivity index (χ2v) is 6.45. The molecule has 0 amide bonds. The lowest BCUT2D eigenvalue weighted by molar-refractivity contribution is 0.352. The van der Waals surface area contributed by atoms with Gasteiger partial charge in [-0.25, -0.2) is 0 Å². The van der Waals surface area contributed by atoms with Gasteiger partial charge in [-0.1, -0.05) is 39.1 Å². The average molecular weight is 373 g/mol. The third kappa shape index (κ3) is 2.56. The van der Waals surface area contributed by atoms with Gasteiger partial charge >= 0.3 is 0 Å². The third-order valence-electron chi connectivity index (χ3n) is 3.41. The topological polar surface area (TPSA) is 35.2 Å². The van der Waals surface area contributed by atoms with Crippen LogP contribution >= 0.6 is 39.1 Å². The lowest BCUT2D eigenvalue weighted by Crippen LogP contribution is -2.13. The Bertz CT molecular complexity index is 675. The Morgan fingerprint density at radius 1 is 1.10 bits per heavy atom. The van der Waals surface area contributed by atoms with Crippen molar-refractivity contribution in [1.29, 1.82) is 0 Å². The molecule has 0 aliphatic carbocycles. The van der Waals surface area contributed by atoms with Gasteiger partial charge in [-0.3, -0.25) is 0 Å². The van der Waals surface area contributed by atoms with E-state index in [4.69, 9.17) is 33.7 Å². The van der Waals surface area contributed by atoms with Gasteiger partial charge in [-0.05, 0) is 41.5 Å². The first-order chi connectivity index (χ1) is 9.56. The summed E-state index contributed by atoms with van der Waals surface area (Å²) in [6.45, 7) is 0.673. The number of fused-ring (bicyclic) bond motifs is 1. The van der Waals surface area contributed by atoms with Crippen LogP contribution in [0.2, 0.25) is 10.0 Å². The van der Waals surface area contributed by atoms with Crippen LogP contribution in [0.1, 0.15) is 22.7 Å². The molecule has 0 bridgehead atoms. The Morgan fingerprint density at radius 2 is 1.85 bits per heavy atom. The van der Waals surface area contributed by atoms with Crippen molar-refractivity contribution in [2.45, 2.75) is 12.5 Å². The number of nitrogens with two attached hydrogens (primary N) is 1.